The maximum atomic E-state index is 6.27. The molecule has 0 amide bonds. The van der Waals surface area contributed by atoms with Crippen LogP contribution in [0.25, 0.3) is 33.4 Å². The van der Waals surface area contributed by atoms with Crippen molar-refractivity contribution in [2.45, 2.75) is 37.5 Å². The molecule has 1 spiro atoms. The fourth-order valence-corrected chi connectivity index (χ4v) is 9.19. The zero-order valence-electron chi connectivity index (χ0n) is 20.2. The summed E-state index contributed by atoms with van der Waals surface area (Å²) in [4.78, 5) is 0. The van der Waals surface area contributed by atoms with Gasteiger partial charge >= 0.3 is 0 Å². The molecule has 4 aromatic carbocycles. The van der Waals surface area contributed by atoms with Crippen molar-refractivity contribution in [1.82, 2.24) is 0 Å². The fraction of sp³-hybridized carbons (Fsp3) is 0.294. The maximum Gasteiger partial charge on any atom is 0.0406 e. The average molecular weight is 508 g/mol. The minimum absolute atomic E-state index is 0.142. The molecule has 0 aliphatic heterocycles. The van der Waals surface area contributed by atoms with Crippen LogP contribution in [0.4, 0.5) is 0 Å². The molecule has 36 heavy (non-hydrogen) atoms. The van der Waals surface area contributed by atoms with Crippen molar-refractivity contribution >= 4 is 23.2 Å². The van der Waals surface area contributed by atoms with Gasteiger partial charge in [-0.3, -0.25) is 0 Å². The van der Waals surface area contributed by atoms with Crippen LogP contribution in [0.2, 0.25) is 10.0 Å². The van der Waals surface area contributed by atoms with Crippen LogP contribution in [0.15, 0.2) is 84.9 Å². The first-order valence-corrected chi connectivity index (χ1v) is 14.2. The summed E-state index contributed by atoms with van der Waals surface area (Å²) in [5, 5.41) is 1.58. The first-order chi connectivity index (χ1) is 17.6. The summed E-state index contributed by atoms with van der Waals surface area (Å²) < 4.78 is 0. The normalized spacial score (nSPS) is 28.9. The Hall–Kier alpha value is -2.54. The highest BCUT2D eigenvalue weighted by Crippen LogP contribution is 2.70. The van der Waals surface area contributed by atoms with Crippen molar-refractivity contribution in [3.63, 3.8) is 0 Å². The van der Waals surface area contributed by atoms with Crippen LogP contribution < -0.4 is 0 Å². The van der Waals surface area contributed by atoms with Crippen molar-refractivity contribution in [1.29, 1.82) is 0 Å². The van der Waals surface area contributed by atoms with E-state index in [0.29, 0.717) is 0 Å². The Bertz CT molecular complexity index is 1470. The van der Waals surface area contributed by atoms with Crippen LogP contribution in [0.1, 0.15) is 43.2 Å². The van der Waals surface area contributed by atoms with E-state index in [0.717, 1.165) is 33.7 Å². The lowest BCUT2D eigenvalue weighted by molar-refractivity contribution is -0.0399. The molecule has 4 aromatic rings. The summed E-state index contributed by atoms with van der Waals surface area (Å²) in [7, 11) is 0. The largest absolute Gasteiger partial charge is 0.0843 e. The molecule has 5 aliphatic rings. The van der Waals surface area contributed by atoms with E-state index >= 15 is 0 Å². The molecular weight excluding hydrogens is 479 g/mol. The molecular formula is C34H28Cl2. The minimum Gasteiger partial charge on any atom is -0.0843 e. The zero-order valence-corrected chi connectivity index (χ0v) is 21.7. The van der Waals surface area contributed by atoms with Gasteiger partial charge in [0.1, 0.15) is 0 Å². The highest BCUT2D eigenvalue weighted by atomic mass is 35.5. The first kappa shape index (κ1) is 21.5. The first-order valence-electron chi connectivity index (χ1n) is 13.4. The molecule has 9 rings (SSSR count). The number of benzene rings is 4. The van der Waals surface area contributed by atoms with Gasteiger partial charge in [0.2, 0.25) is 0 Å². The molecule has 0 nitrogen and oxygen atoms in total. The SMILES string of the molecule is Clc1ccc(-c2ccc3c(c2)C2(c4cccc(-c5ccc(Cl)cc5)c4-3)C3CC4CC(C3)CC2C4)cc1. The topological polar surface area (TPSA) is 0 Å². The van der Waals surface area contributed by atoms with Crippen LogP contribution >= 0.6 is 23.2 Å². The summed E-state index contributed by atoms with van der Waals surface area (Å²) in [6.07, 6.45) is 7.04. The van der Waals surface area contributed by atoms with Gasteiger partial charge in [-0.1, -0.05) is 77.8 Å². The van der Waals surface area contributed by atoms with E-state index in [1.165, 1.54) is 65.5 Å². The highest BCUT2D eigenvalue weighted by Gasteiger charge is 2.61. The van der Waals surface area contributed by atoms with Crippen LogP contribution in [-0.4, -0.2) is 0 Å². The lowest BCUT2D eigenvalue weighted by atomic mass is 9.43. The quantitative estimate of drug-likeness (QED) is 0.253. The Balaban J connectivity index is 1.40. The summed E-state index contributed by atoms with van der Waals surface area (Å²) in [6.45, 7) is 0. The fourth-order valence-electron chi connectivity index (χ4n) is 8.94. The van der Waals surface area contributed by atoms with Crippen molar-refractivity contribution in [3.05, 3.63) is 106 Å². The highest BCUT2D eigenvalue weighted by molar-refractivity contribution is 6.31. The zero-order chi connectivity index (χ0) is 24.0. The van der Waals surface area contributed by atoms with Gasteiger partial charge in [-0.2, -0.15) is 0 Å². The predicted octanol–water partition coefficient (Wildman–Crippen LogP) is 10.0. The van der Waals surface area contributed by atoms with Crippen LogP contribution in [0, 0.1) is 23.7 Å². The molecule has 5 aliphatic carbocycles. The monoisotopic (exact) mass is 506 g/mol. The van der Waals surface area contributed by atoms with Crippen molar-refractivity contribution in [3.8, 4) is 33.4 Å². The molecule has 0 heterocycles. The third-order valence-corrected chi connectivity index (χ3v) is 10.5. The Labute approximate surface area is 223 Å². The van der Waals surface area contributed by atoms with Crippen molar-refractivity contribution in [2.24, 2.45) is 23.7 Å². The number of fused-ring (bicyclic) bond motifs is 3. The second-order valence-electron chi connectivity index (χ2n) is 11.7. The predicted molar refractivity (Wildman–Crippen MR) is 151 cm³/mol. The number of hydrogen-bond acceptors (Lipinski definition) is 0. The van der Waals surface area contributed by atoms with Crippen LogP contribution in [0.5, 0.6) is 0 Å². The van der Waals surface area contributed by atoms with E-state index in [4.69, 9.17) is 23.2 Å². The third-order valence-electron chi connectivity index (χ3n) is 10.0. The molecule has 2 heteroatoms. The van der Waals surface area contributed by atoms with E-state index in [-0.39, 0.29) is 5.41 Å². The van der Waals surface area contributed by atoms with Crippen molar-refractivity contribution < 1.29 is 0 Å². The van der Waals surface area contributed by atoms with Gasteiger partial charge in [0.15, 0.2) is 0 Å². The van der Waals surface area contributed by atoms with Gasteiger partial charge in [0, 0.05) is 15.5 Å². The van der Waals surface area contributed by atoms with Gasteiger partial charge in [0.05, 0.1) is 0 Å². The molecule has 0 radical (unpaired) electrons. The maximum absolute atomic E-state index is 6.27. The van der Waals surface area contributed by atoms with Crippen LogP contribution in [-0.2, 0) is 5.41 Å². The Kier molecular flexibility index (Phi) is 4.63. The molecule has 0 aromatic heterocycles. The van der Waals surface area contributed by atoms with E-state index in [2.05, 4.69) is 60.7 Å². The molecule has 178 valence electrons. The van der Waals surface area contributed by atoms with Gasteiger partial charge in [-0.15, -0.1) is 0 Å². The summed E-state index contributed by atoms with van der Waals surface area (Å²) in [6, 6.07) is 31.1. The van der Waals surface area contributed by atoms with E-state index in [1.54, 1.807) is 11.1 Å². The van der Waals surface area contributed by atoms with E-state index in [9.17, 15) is 0 Å². The second-order valence-corrected chi connectivity index (χ2v) is 12.5. The lowest BCUT2D eigenvalue weighted by Crippen LogP contribution is -2.55. The number of hydrogen-bond donors (Lipinski definition) is 0. The Morgan fingerprint density at radius 3 is 1.75 bits per heavy atom. The summed E-state index contributed by atoms with van der Waals surface area (Å²) >= 11 is 12.5. The minimum atomic E-state index is 0.142. The van der Waals surface area contributed by atoms with E-state index < -0.39 is 0 Å². The molecule has 0 unspecified atom stereocenters. The molecule has 4 saturated carbocycles. The smallest absolute Gasteiger partial charge is 0.0406 e. The molecule has 0 atom stereocenters. The summed E-state index contributed by atoms with van der Waals surface area (Å²) in [5.41, 5.74) is 11.4. The van der Waals surface area contributed by atoms with Gasteiger partial charge in [0.25, 0.3) is 0 Å². The standard InChI is InChI=1S/C34H28Cl2/c35-27-9-4-22(5-10-27)24-8-13-30-32(19-24)34(25-15-20-14-21(17-25)18-26(34)16-20)31-3-1-2-29(33(30)31)23-6-11-28(36)12-7-23/h1-13,19-21,25-26H,14-18H2. The average Bonchev–Trinajstić information content (AvgIpc) is 3.18. The molecule has 4 fully saturated rings. The molecule has 0 N–H and O–H groups in total. The molecule has 4 bridgehead atoms. The van der Waals surface area contributed by atoms with Crippen molar-refractivity contribution in [2.75, 3.05) is 0 Å². The Morgan fingerprint density at radius 2 is 1.11 bits per heavy atom. The lowest BCUT2D eigenvalue weighted by Gasteiger charge is -2.61. The summed E-state index contributed by atoms with van der Waals surface area (Å²) in [5.74, 6) is 3.36. The number of rotatable bonds is 2. The van der Waals surface area contributed by atoms with Gasteiger partial charge < -0.3 is 0 Å². The molecule has 0 saturated heterocycles. The van der Waals surface area contributed by atoms with Gasteiger partial charge in [-0.25, -0.2) is 0 Å². The van der Waals surface area contributed by atoms with Gasteiger partial charge in [-0.05, 0) is 131 Å². The van der Waals surface area contributed by atoms with E-state index in [1.807, 2.05) is 24.3 Å². The Morgan fingerprint density at radius 1 is 0.528 bits per heavy atom. The van der Waals surface area contributed by atoms with Crippen LogP contribution in [0.3, 0.4) is 0 Å². The number of halogens is 2. The second kappa shape index (κ2) is 7.73. The third kappa shape index (κ3) is 2.89.